The van der Waals surface area contributed by atoms with Crippen LogP contribution in [0.2, 0.25) is 0 Å². The average Bonchev–Trinajstić information content (AvgIpc) is 3.24. The second kappa shape index (κ2) is 7.67. The largest absolute Gasteiger partial charge is 0.322 e. The van der Waals surface area contributed by atoms with Crippen LogP contribution in [0.4, 0.5) is 0 Å². The van der Waals surface area contributed by atoms with Crippen molar-refractivity contribution in [2.45, 2.75) is 52.2 Å². The van der Waals surface area contributed by atoms with Gasteiger partial charge < -0.3 is 4.98 Å². The molecule has 2 aromatic heterocycles. The van der Waals surface area contributed by atoms with Crippen LogP contribution in [0.1, 0.15) is 54.9 Å². The number of rotatable bonds is 3. The molecule has 2 aromatic carbocycles. The number of pyridine rings is 1. The van der Waals surface area contributed by atoms with Crippen LogP contribution in [0.5, 0.6) is 0 Å². The maximum atomic E-state index is 13.4. The Morgan fingerprint density at radius 1 is 1.06 bits per heavy atom. The summed E-state index contributed by atoms with van der Waals surface area (Å²) in [6.07, 6.45) is 0.925. The second-order valence-electron chi connectivity index (χ2n) is 9.66. The SMILES string of the molecule is Cc1ccc2cc(C(c3nnnn3C(C)(C)C)N3CCc4ccccc4C3)c(=O)[nH]c2c1. The van der Waals surface area contributed by atoms with Gasteiger partial charge in [-0.3, -0.25) is 9.69 Å². The average molecular weight is 429 g/mol. The van der Waals surface area contributed by atoms with E-state index in [1.54, 1.807) is 0 Å². The van der Waals surface area contributed by atoms with Crippen molar-refractivity contribution >= 4 is 10.9 Å². The van der Waals surface area contributed by atoms with Crippen LogP contribution in [0.3, 0.4) is 0 Å². The maximum absolute atomic E-state index is 13.4. The molecule has 5 rings (SSSR count). The van der Waals surface area contributed by atoms with Crippen LogP contribution in [0, 0.1) is 6.92 Å². The number of fused-ring (bicyclic) bond motifs is 2. The lowest BCUT2D eigenvalue weighted by Gasteiger charge is -2.36. The van der Waals surface area contributed by atoms with Crippen molar-refractivity contribution in [3.63, 3.8) is 0 Å². The number of hydrogen-bond donors (Lipinski definition) is 1. The molecule has 3 heterocycles. The van der Waals surface area contributed by atoms with E-state index in [2.05, 4.69) is 82.6 Å². The zero-order valence-corrected chi connectivity index (χ0v) is 19.0. The highest BCUT2D eigenvalue weighted by Crippen LogP contribution is 2.33. The molecule has 32 heavy (non-hydrogen) atoms. The predicted molar refractivity (Wildman–Crippen MR) is 125 cm³/mol. The highest BCUT2D eigenvalue weighted by molar-refractivity contribution is 5.79. The van der Waals surface area contributed by atoms with E-state index in [1.807, 2.05) is 23.7 Å². The molecule has 1 atom stereocenters. The highest BCUT2D eigenvalue weighted by Gasteiger charge is 2.34. The number of aromatic amines is 1. The summed E-state index contributed by atoms with van der Waals surface area (Å²) in [4.78, 5) is 18.8. The first-order valence-corrected chi connectivity index (χ1v) is 11.0. The van der Waals surface area contributed by atoms with Crippen LogP contribution in [-0.4, -0.2) is 36.6 Å². The lowest BCUT2D eigenvalue weighted by atomic mass is 9.95. The van der Waals surface area contributed by atoms with Gasteiger partial charge in [-0.1, -0.05) is 36.4 Å². The lowest BCUT2D eigenvalue weighted by molar-refractivity contribution is 0.185. The fraction of sp³-hybridized carbons (Fsp3) is 0.360. The number of aryl methyl sites for hydroxylation is 1. The molecule has 0 bridgehead atoms. The van der Waals surface area contributed by atoms with E-state index in [-0.39, 0.29) is 17.1 Å². The maximum Gasteiger partial charge on any atom is 0.253 e. The molecule has 7 heteroatoms. The minimum absolute atomic E-state index is 0.101. The lowest BCUT2D eigenvalue weighted by Crippen LogP contribution is -2.40. The minimum Gasteiger partial charge on any atom is -0.322 e. The van der Waals surface area contributed by atoms with Gasteiger partial charge in [0.15, 0.2) is 5.82 Å². The van der Waals surface area contributed by atoms with E-state index in [0.717, 1.165) is 36.0 Å². The third kappa shape index (κ3) is 3.62. The van der Waals surface area contributed by atoms with Gasteiger partial charge >= 0.3 is 0 Å². The third-order valence-electron chi connectivity index (χ3n) is 6.22. The first-order chi connectivity index (χ1) is 15.3. The standard InChI is InChI=1S/C25H28N6O/c1-16-9-10-18-14-20(24(32)26-21(18)13-16)22(23-27-28-29-31(23)25(2,3)4)30-12-11-17-7-5-6-8-19(17)15-30/h5-10,13-14,22H,11-12,15H2,1-4H3,(H,26,32). The molecule has 0 saturated carbocycles. The Morgan fingerprint density at radius 3 is 2.62 bits per heavy atom. The van der Waals surface area contributed by atoms with Gasteiger partial charge in [0.05, 0.1) is 5.54 Å². The van der Waals surface area contributed by atoms with Gasteiger partial charge in [0.2, 0.25) is 0 Å². The summed E-state index contributed by atoms with van der Waals surface area (Å²) in [5.41, 5.74) is 4.85. The van der Waals surface area contributed by atoms with E-state index < -0.39 is 0 Å². The molecule has 0 saturated heterocycles. The molecule has 0 aliphatic carbocycles. The zero-order valence-electron chi connectivity index (χ0n) is 19.0. The summed E-state index contributed by atoms with van der Waals surface area (Å²) >= 11 is 0. The van der Waals surface area contributed by atoms with Crippen LogP contribution >= 0.6 is 0 Å². The number of hydrogen-bond acceptors (Lipinski definition) is 5. The first-order valence-electron chi connectivity index (χ1n) is 11.0. The Hall–Kier alpha value is -3.32. The molecule has 7 nitrogen and oxygen atoms in total. The number of benzene rings is 2. The fourth-order valence-electron chi connectivity index (χ4n) is 4.61. The van der Waals surface area contributed by atoms with Crippen molar-refractivity contribution in [2.75, 3.05) is 6.54 Å². The monoisotopic (exact) mass is 428 g/mol. The van der Waals surface area contributed by atoms with Crippen LogP contribution in [0.15, 0.2) is 53.3 Å². The second-order valence-corrected chi connectivity index (χ2v) is 9.66. The molecular formula is C25H28N6O. The molecule has 1 unspecified atom stereocenters. The topological polar surface area (TPSA) is 79.7 Å². The Labute approximate surface area is 187 Å². The molecule has 0 radical (unpaired) electrons. The summed E-state index contributed by atoms with van der Waals surface area (Å²) in [6, 6.07) is 16.3. The molecule has 164 valence electrons. The van der Waals surface area contributed by atoms with Gasteiger partial charge in [-0.2, -0.15) is 0 Å². The van der Waals surface area contributed by atoms with E-state index in [1.165, 1.54) is 11.1 Å². The predicted octanol–water partition coefficient (Wildman–Crippen LogP) is 3.73. The smallest absolute Gasteiger partial charge is 0.253 e. The quantitative estimate of drug-likeness (QED) is 0.538. The molecule has 4 aromatic rings. The molecular weight excluding hydrogens is 400 g/mol. The molecule has 1 aliphatic rings. The molecule has 1 aliphatic heterocycles. The van der Waals surface area contributed by atoms with Gasteiger partial charge in [-0.15, -0.1) is 5.10 Å². The van der Waals surface area contributed by atoms with Crippen molar-refractivity contribution in [3.05, 3.63) is 87.0 Å². The van der Waals surface area contributed by atoms with Gasteiger partial charge in [0, 0.05) is 24.2 Å². The highest BCUT2D eigenvalue weighted by atomic mass is 16.1. The number of tetrazole rings is 1. The van der Waals surface area contributed by atoms with Crippen molar-refractivity contribution < 1.29 is 0 Å². The van der Waals surface area contributed by atoms with Gasteiger partial charge in [0.1, 0.15) is 6.04 Å². The van der Waals surface area contributed by atoms with Crippen molar-refractivity contribution in [1.29, 1.82) is 0 Å². The van der Waals surface area contributed by atoms with Gasteiger partial charge in [-0.05, 0) is 78.8 Å². The summed E-state index contributed by atoms with van der Waals surface area (Å²) < 4.78 is 1.84. The summed E-state index contributed by atoms with van der Waals surface area (Å²) in [7, 11) is 0. The van der Waals surface area contributed by atoms with Crippen LogP contribution < -0.4 is 5.56 Å². The molecule has 0 spiro atoms. The Bertz CT molecular complexity index is 1350. The Balaban J connectivity index is 1.69. The van der Waals surface area contributed by atoms with Crippen LogP contribution in [-0.2, 0) is 18.5 Å². The summed E-state index contributed by atoms with van der Waals surface area (Å²) in [5.74, 6) is 0.689. The van der Waals surface area contributed by atoms with Crippen LogP contribution in [0.25, 0.3) is 10.9 Å². The van der Waals surface area contributed by atoms with E-state index in [0.29, 0.717) is 11.4 Å². The number of nitrogens with zero attached hydrogens (tertiary/aromatic N) is 5. The normalized spacial score (nSPS) is 15.6. The van der Waals surface area contributed by atoms with Crippen molar-refractivity contribution in [3.8, 4) is 0 Å². The first kappa shape index (κ1) is 20.6. The van der Waals surface area contributed by atoms with Gasteiger partial charge in [0.25, 0.3) is 5.56 Å². The van der Waals surface area contributed by atoms with E-state index in [4.69, 9.17) is 0 Å². The molecule has 1 N–H and O–H groups in total. The Morgan fingerprint density at radius 2 is 1.84 bits per heavy atom. The molecule has 0 fully saturated rings. The molecule has 0 amide bonds. The Kier molecular flexibility index (Phi) is 4.93. The number of nitrogens with one attached hydrogen (secondary N) is 1. The fourth-order valence-corrected chi connectivity index (χ4v) is 4.61. The summed E-state index contributed by atoms with van der Waals surface area (Å²) in [5, 5.41) is 13.7. The van der Waals surface area contributed by atoms with E-state index in [9.17, 15) is 4.79 Å². The van der Waals surface area contributed by atoms with E-state index >= 15 is 0 Å². The number of aromatic nitrogens is 5. The third-order valence-corrected chi connectivity index (χ3v) is 6.22. The van der Waals surface area contributed by atoms with Crippen molar-refractivity contribution in [2.24, 2.45) is 0 Å². The number of H-pyrrole nitrogens is 1. The summed E-state index contributed by atoms with van der Waals surface area (Å²) in [6.45, 7) is 9.80. The van der Waals surface area contributed by atoms with Gasteiger partial charge in [-0.25, -0.2) is 4.68 Å². The minimum atomic E-state index is -0.355. The van der Waals surface area contributed by atoms with Crippen molar-refractivity contribution in [1.82, 2.24) is 30.1 Å². The zero-order chi connectivity index (χ0) is 22.5.